The number of carbonyl (C=O) groups is 1. The fourth-order valence-corrected chi connectivity index (χ4v) is 14.2. The van der Waals surface area contributed by atoms with Gasteiger partial charge in [-0.25, -0.2) is 0 Å². The van der Waals surface area contributed by atoms with Crippen LogP contribution in [0.15, 0.2) is 48.6 Å². The lowest BCUT2D eigenvalue weighted by Crippen LogP contribution is -2.65. The molecule has 4 aliphatic carbocycles. The van der Waals surface area contributed by atoms with Crippen molar-refractivity contribution in [2.24, 2.45) is 11.8 Å². The van der Waals surface area contributed by atoms with Gasteiger partial charge in [0.05, 0.1) is 14.2 Å². The second-order valence-electron chi connectivity index (χ2n) is 14.7. The highest BCUT2D eigenvalue weighted by atomic mass is 32.2. The van der Waals surface area contributed by atoms with Gasteiger partial charge in [0, 0.05) is 56.4 Å². The van der Waals surface area contributed by atoms with E-state index in [0.717, 1.165) is 61.8 Å². The van der Waals surface area contributed by atoms with E-state index in [4.69, 9.17) is 18.9 Å². The topological polar surface area (TPSA) is 60.5 Å². The number of likely N-dealkylation sites (N-methyl/N-ethyl adjacent to an activating group) is 2. The summed E-state index contributed by atoms with van der Waals surface area (Å²) in [4.78, 5) is 19.4. The minimum Gasteiger partial charge on any atom is -0.493 e. The van der Waals surface area contributed by atoms with Crippen LogP contribution in [0.2, 0.25) is 0 Å². The van der Waals surface area contributed by atoms with E-state index in [2.05, 4.69) is 72.5 Å². The monoisotopic (exact) mass is 656 g/mol. The van der Waals surface area contributed by atoms with Crippen molar-refractivity contribution in [2.45, 2.75) is 71.3 Å². The Labute approximate surface area is 279 Å². The maximum absolute atomic E-state index is 14.3. The molecule has 10 atom stereocenters. The van der Waals surface area contributed by atoms with Crippen LogP contribution >= 0.6 is 23.5 Å². The third-order valence-corrected chi connectivity index (χ3v) is 15.6. The number of hydrogen-bond donors (Lipinski definition) is 0. The van der Waals surface area contributed by atoms with E-state index in [0.29, 0.717) is 23.9 Å². The first-order valence-electron chi connectivity index (χ1n) is 16.8. The van der Waals surface area contributed by atoms with Crippen LogP contribution in [0.5, 0.6) is 23.0 Å². The largest absolute Gasteiger partial charge is 0.493 e. The zero-order valence-electron chi connectivity index (χ0n) is 26.7. The summed E-state index contributed by atoms with van der Waals surface area (Å²) in [7, 11) is 7.99. The molecule has 0 radical (unpaired) electrons. The Morgan fingerprint density at radius 2 is 1.20 bits per heavy atom. The van der Waals surface area contributed by atoms with Crippen molar-refractivity contribution in [3.63, 3.8) is 0 Å². The van der Waals surface area contributed by atoms with E-state index in [9.17, 15) is 4.79 Å². The summed E-state index contributed by atoms with van der Waals surface area (Å²) >= 11 is 3.12. The predicted molar refractivity (Wildman–Crippen MR) is 181 cm³/mol. The Kier molecular flexibility index (Phi) is 6.02. The molecule has 9 heteroatoms. The number of nitrogens with zero attached hydrogens (tertiary/aromatic N) is 2. The van der Waals surface area contributed by atoms with Gasteiger partial charge in [0.2, 0.25) is 4.45 Å². The molecule has 2 saturated heterocycles. The number of thioether (sulfide) groups is 2. The molecule has 2 aromatic rings. The standard InChI is InChI=1S/C37H40N2O5S2/c1-38-15-13-36-27-11-9-25(31(36)21(38)17-19-5-7-23(41-3)33(43-27)29(19)36)45-35(40)46-26-10-12-28-37-14-16-39(2)22(32(26)37)18-20-6-8-24(42-4)34(44-28)30(20)37/h5-12,21-22,25-28,31-32H,13-18H2,1-4H3/t21-,22-,25+,26+,27+,28+,31-,32-,36-,37-/m1/s1. The van der Waals surface area contributed by atoms with Crippen molar-refractivity contribution in [2.75, 3.05) is 41.4 Å². The maximum atomic E-state index is 14.3. The molecular formula is C37H40N2O5S2. The zero-order valence-corrected chi connectivity index (χ0v) is 28.4. The summed E-state index contributed by atoms with van der Waals surface area (Å²) in [6.07, 6.45) is 13.1. The van der Waals surface area contributed by atoms with E-state index in [1.54, 1.807) is 37.7 Å². The Bertz CT molecular complexity index is 1620. The molecule has 4 bridgehead atoms. The van der Waals surface area contributed by atoms with Gasteiger partial charge in [0.1, 0.15) is 12.2 Å². The third kappa shape index (κ3) is 3.38. The number of hydrogen-bond acceptors (Lipinski definition) is 9. The van der Waals surface area contributed by atoms with E-state index in [-0.39, 0.29) is 38.0 Å². The fraction of sp³-hybridized carbons (Fsp3) is 0.541. The minimum absolute atomic E-state index is 0.0123. The number of rotatable bonds is 4. The highest BCUT2D eigenvalue weighted by Gasteiger charge is 2.66. The fourth-order valence-electron chi connectivity index (χ4n) is 11.3. The highest BCUT2D eigenvalue weighted by Crippen LogP contribution is 2.66. The molecule has 8 aliphatic rings. The maximum Gasteiger partial charge on any atom is 0.247 e. The number of carbonyl (C=O) groups excluding carboxylic acids is 1. The van der Waals surface area contributed by atoms with Crippen LogP contribution in [0, 0.1) is 11.8 Å². The van der Waals surface area contributed by atoms with Gasteiger partial charge in [0.15, 0.2) is 23.0 Å². The third-order valence-electron chi connectivity index (χ3n) is 13.2. The SMILES string of the molecule is COc1ccc2c3c1O[C@H]1C=C[C@H](SC(=O)S[C@H]4C=C[C@@H]5Oc6c(OC)ccc7c6[C@@]56CCN(C)[C@H](C7)[C@H]46)[C@H]4[C@@H](C2)N(C)CC[C@@]341. The van der Waals surface area contributed by atoms with Crippen LogP contribution in [0.4, 0.5) is 4.79 Å². The molecule has 240 valence electrons. The van der Waals surface area contributed by atoms with Crippen molar-refractivity contribution >= 4 is 28.0 Å². The average molecular weight is 657 g/mol. The van der Waals surface area contributed by atoms with Gasteiger partial charge in [-0.3, -0.25) is 4.79 Å². The lowest BCUT2D eigenvalue weighted by molar-refractivity contribution is -0.00112. The molecule has 10 rings (SSSR count). The lowest BCUT2D eigenvalue weighted by Gasteiger charge is -2.58. The summed E-state index contributed by atoms with van der Waals surface area (Å²) in [6, 6.07) is 9.38. The van der Waals surface area contributed by atoms with Crippen LogP contribution in [0.3, 0.4) is 0 Å². The van der Waals surface area contributed by atoms with Crippen molar-refractivity contribution < 1.29 is 23.7 Å². The van der Waals surface area contributed by atoms with Crippen LogP contribution in [-0.4, -0.2) is 90.4 Å². The summed E-state index contributed by atoms with van der Waals surface area (Å²) in [6.45, 7) is 2.07. The summed E-state index contributed by atoms with van der Waals surface area (Å²) in [5.41, 5.74) is 5.24. The van der Waals surface area contributed by atoms with Crippen LogP contribution in [0.1, 0.15) is 35.1 Å². The normalized spacial score (nSPS) is 40.1. The van der Waals surface area contributed by atoms with Crippen molar-refractivity contribution in [1.82, 2.24) is 9.80 Å². The molecule has 4 heterocycles. The average Bonchev–Trinajstić information content (AvgIpc) is 3.58. The van der Waals surface area contributed by atoms with Gasteiger partial charge in [-0.15, -0.1) is 0 Å². The van der Waals surface area contributed by atoms with Gasteiger partial charge in [-0.2, -0.15) is 0 Å². The summed E-state index contributed by atoms with van der Waals surface area (Å²) in [5.74, 6) is 4.10. The zero-order chi connectivity index (χ0) is 31.1. The van der Waals surface area contributed by atoms with Gasteiger partial charge >= 0.3 is 0 Å². The first kappa shape index (κ1) is 28.4. The molecule has 0 N–H and O–H groups in total. The second-order valence-corrected chi connectivity index (χ2v) is 17.2. The van der Waals surface area contributed by atoms with Crippen molar-refractivity contribution in [3.8, 4) is 23.0 Å². The predicted octanol–water partition coefficient (Wildman–Crippen LogP) is 5.62. The van der Waals surface area contributed by atoms with Crippen molar-refractivity contribution in [1.29, 1.82) is 0 Å². The van der Waals surface area contributed by atoms with Crippen LogP contribution in [-0.2, 0) is 23.7 Å². The molecule has 2 aromatic carbocycles. The second kappa shape index (κ2) is 9.74. The first-order valence-corrected chi connectivity index (χ1v) is 18.5. The van der Waals surface area contributed by atoms with E-state index in [1.807, 2.05) is 0 Å². The van der Waals surface area contributed by atoms with Crippen LogP contribution in [0.25, 0.3) is 0 Å². The van der Waals surface area contributed by atoms with Gasteiger partial charge in [-0.1, -0.05) is 47.8 Å². The number of benzene rings is 2. The number of ether oxygens (including phenoxy) is 4. The van der Waals surface area contributed by atoms with E-state index >= 15 is 0 Å². The Morgan fingerprint density at radius 1 is 0.739 bits per heavy atom. The van der Waals surface area contributed by atoms with Gasteiger partial charge in [0.25, 0.3) is 0 Å². The molecule has 2 fully saturated rings. The molecule has 0 saturated carbocycles. The molecule has 7 nitrogen and oxygen atoms in total. The summed E-state index contributed by atoms with van der Waals surface area (Å²) < 4.78 is 25.2. The van der Waals surface area contributed by atoms with E-state index < -0.39 is 0 Å². The first-order chi connectivity index (χ1) is 22.4. The molecular weight excluding hydrogens is 617 g/mol. The molecule has 0 aromatic heterocycles. The number of piperidine rings is 2. The van der Waals surface area contributed by atoms with E-state index in [1.165, 1.54) is 22.3 Å². The van der Waals surface area contributed by atoms with Gasteiger partial charge in [-0.05, 0) is 88.3 Å². The lowest BCUT2D eigenvalue weighted by atomic mass is 9.53. The summed E-state index contributed by atoms with van der Waals surface area (Å²) in [5, 5.41) is 0.188. The Balaban J connectivity index is 0.982. The molecule has 46 heavy (non-hydrogen) atoms. The highest BCUT2D eigenvalue weighted by molar-refractivity contribution is 8.39. The van der Waals surface area contributed by atoms with Gasteiger partial charge < -0.3 is 28.7 Å². The molecule has 4 aliphatic heterocycles. The molecule has 2 spiro atoms. The molecule has 0 amide bonds. The smallest absolute Gasteiger partial charge is 0.247 e. The molecule has 0 unspecified atom stereocenters. The Morgan fingerprint density at radius 3 is 1.63 bits per heavy atom. The van der Waals surface area contributed by atoms with Crippen molar-refractivity contribution in [3.05, 3.63) is 70.8 Å². The quantitative estimate of drug-likeness (QED) is 0.391. The van der Waals surface area contributed by atoms with Crippen LogP contribution < -0.4 is 18.9 Å². The number of methoxy groups -OCH3 is 2. The Hall–Kier alpha value is -2.59. The number of likely N-dealkylation sites (tertiary alicyclic amines) is 2. The minimum atomic E-state index is -0.119.